The Hall–Kier alpha value is -1.10. The lowest BCUT2D eigenvalue weighted by molar-refractivity contribution is -0.111. The van der Waals surface area contributed by atoms with Crippen LogP contribution in [0.5, 0.6) is 0 Å². The van der Waals surface area contributed by atoms with Gasteiger partial charge in [0.2, 0.25) is 0 Å². The van der Waals surface area contributed by atoms with E-state index in [-0.39, 0.29) is 5.41 Å². The van der Waals surface area contributed by atoms with Crippen LogP contribution in [0.25, 0.3) is 0 Å². The van der Waals surface area contributed by atoms with Crippen molar-refractivity contribution in [2.75, 3.05) is 18.9 Å². The molecular formula is C7H12N4O. The summed E-state index contributed by atoms with van der Waals surface area (Å²) in [5.74, 6) is 0.471. The molecule has 0 atom stereocenters. The van der Waals surface area contributed by atoms with E-state index in [0.29, 0.717) is 5.82 Å². The summed E-state index contributed by atoms with van der Waals surface area (Å²) in [6.45, 7) is 4.59. The third-order valence-corrected chi connectivity index (χ3v) is 2.00. The van der Waals surface area contributed by atoms with Crippen molar-refractivity contribution in [3.05, 3.63) is 6.20 Å². The molecule has 0 amide bonds. The van der Waals surface area contributed by atoms with Crippen LogP contribution in [0.3, 0.4) is 0 Å². The number of nitrogens with two attached hydrogens (primary N) is 1. The highest BCUT2D eigenvalue weighted by molar-refractivity contribution is 5.19. The zero-order chi connectivity index (χ0) is 8.60. The first-order valence-corrected chi connectivity index (χ1v) is 3.91. The Balaban J connectivity index is 2.03. The molecule has 2 heterocycles. The fourth-order valence-corrected chi connectivity index (χ4v) is 1.32. The van der Waals surface area contributed by atoms with E-state index in [1.54, 1.807) is 10.9 Å². The predicted molar refractivity (Wildman–Crippen MR) is 43.4 cm³/mol. The first-order valence-electron chi connectivity index (χ1n) is 3.91. The minimum Gasteiger partial charge on any atom is -0.381 e. The van der Waals surface area contributed by atoms with Crippen molar-refractivity contribution in [1.82, 2.24) is 15.0 Å². The van der Waals surface area contributed by atoms with Crippen molar-refractivity contribution >= 4 is 5.82 Å². The molecule has 0 radical (unpaired) electrons. The van der Waals surface area contributed by atoms with Gasteiger partial charge in [-0.2, -0.15) is 0 Å². The van der Waals surface area contributed by atoms with Gasteiger partial charge in [-0.3, -0.25) is 0 Å². The van der Waals surface area contributed by atoms with Gasteiger partial charge in [-0.05, 0) is 0 Å². The number of aromatic nitrogens is 3. The lowest BCUT2D eigenvalue weighted by atomic mass is 9.89. The van der Waals surface area contributed by atoms with Gasteiger partial charge < -0.3 is 10.5 Å². The van der Waals surface area contributed by atoms with Crippen LogP contribution in [0.2, 0.25) is 0 Å². The summed E-state index contributed by atoms with van der Waals surface area (Å²) >= 11 is 0. The summed E-state index contributed by atoms with van der Waals surface area (Å²) in [7, 11) is 0. The zero-order valence-electron chi connectivity index (χ0n) is 7.03. The summed E-state index contributed by atoms with van der Waals surface area (Å²) in [6, 6.07) is 0. The van der Waals surface area contributed by atoms with Crippen molar-refractivity contribution in [2.45, 2.75) is 13.5 Å². The topological polar surface area (TPSA) is 66.0 Å². The van der Waals surface area contributed by atoms with Crippen LogP contribution in [-0.4, -0.2) is 28.2 Å². The SMILES string of the molecule is CC1(Cn2cc(N)nn2)COC1. The van der Waals surface area contributed by atoms with E-state index in [2.05, 4.69) is 17.2 Å². The van der Waals surface area contributed by atoms with Gasteiger partial charge in [-0.15, -0.1) is 5.10 Å². The van der Waals surface area contributed by atoms with Crippen LogP contribution in [0.15, 0.2) is 6.20 Å². The molecule has 5 heteroatoms. The number of rotatable bonds is 2. The number of anilines is 1. The van der Waals surface area contributed by atoms with E-state index in [1.807, 2.05) is 0 Å². The molecule has 0 bridgehead atoms. The molecule has 2 rings (SSSR count). The van der Waals surface area contributed by atoms with E-state index >= 15 is 0 Å². The molecule has 5 nitrogen and oxygen atoms in total. The van der Waals surface area contributed by atoms with E-state index in [4.69, 9.17) is 10.5 Å². The van der Waals surface area contributed by atoms with Crippen molar-refractivity contribution in [2.24, 2.45) is 5.41 Å². The fraction of sp³-hybridized carbons (Fsp3) is 0.714. The first-order chi connectivity index (χ1) is 5.68. The second-order valence-electron chi connectivity index (χ2n) is 3.64. The fourth-order valence-electron chi connectivity index (χ4n) is 1.32. The second-order valence-corrected chi connectivity index (χ2v) is 3.64. The summed E-state index contributed by atoms with van der Waals surface area (Å²) in [6.07, 6.45) is 1.74. The van der Waals surface area contributed by atoms with Gasteiger partial charge in [-0.25, -0.2) is 4.68 Å². The highest BCUT2D eigenvalue weighted by atomic mass is 16.5. The predicted octanol–water partition coefficient (Wildman–Crippen LogP) is -0.103. The minimum atomic E-state index is 0.222. The Morgan fingerprint density at radius 1 is 1.75 bits per heavy atom. The van der Waals surface area contributed by atoms with Gasteiger partial charge in [0, 0.05) is 5.41 Å². The smallest absolute Gasteiger partial charge is 0.165 e. The van der Waals surface area contributed by atoms with Gasteiger partial charge in [0.25, 0.3) is 0 Å². The van der Waals surface area contributed by atoms with Gasteiger partial charge in [0.1, 0.15) is 0 Å². The van der Waals surface area contributed by atoms with E-state index in [1.165, 1.54) is 0 Å². The Bertz CT molecular complexity index is 279. The Morgan fingerprint density at radius 2 is 2.50 bits per heavy atom. The molecule has 66 valence electrons. The average Bonchev–Trinajstić information content (AvgIpc) is 2.32. The van der Waals surface area contributed by atoms with Gasteiger partial charge in [0.15, 0.2) is 5.82 Å². The normalized spacial score (nSPS) is 20.4. The molecule has 0 aliphatic carbocycles. The van der Waals surface area contributed by atoms with Crippen LogP contribution >= 0.6 is 0 Å². The van der Waals surface area contributed by atoms with Crippen molar-refractivity contribution < 1.29 is 4.74 Å². The van der Waals surface area contributed by atoms with E-state index < -0.39 is 0 Å². The molecule has 1 aromatic rings. The maximum Gasteiger partial charge on any atom is 0.165 e. The van der Waals surface area contributed by atoms with Crippen LogP contribution in [-0.2, 0) is 11.3 Å². The molecule has 1 aliphatic heterocycles. The van der Waals surface area contributed by atoms with E-state index in [9.17, 15) is 0 Å². The van der Waals surface area contributed by atoms with Crippen LogP contribution in [0, 0.1) is 5.41 Å². The summed E-state index contributed by atoms with van der Waals surface area (Å²) < 4.78 is 6.89. The standard InChI is InChI=1S/C7H12N4O/c1-7(4-12-5-7)3-11-2-6(8)9-10-11/h2H,3-5,8H2,1H3. The number of ether oxygens (including phenoxy) is 1. The zero-order valence-corrected chi connectivity index (χ0v) is 7.03. The third kappa shape index (κ3) is 1.27. The third-order valence-electron chi connectivity index (χ3n) is 2.00. The molecule has 1 aliphatic rings. The monoisotopic (exact) mass is 168 g/mol. The van der Waals surface area contributed by atoms with Crippen molar-refractivity contribution in [3.63, 3.8) is 0 Å². The van der Waals surface area contributed by atoms with Gasteiger partial charge >= 0.3 is 0 Å². The molecule has 0 saturated carbocycles. The van der Waals surface area contributed by atoms with Crippen molar-refractivity contribution in [3.8, 4) is 0 Å². The first kappa shape index (κ1) is 7.54. The molecule has 2 N–H and O–H groups in total. The summed E-state index contributed by atoms with van der Waals surface area (Å²) in [5, 5.41) is 7.58. The molecule has 1 aromatic heterocycles. The van der Waals surface area contributed by atoms with Crippen LogP contribution in [0.4, 0.5) is 5.82 Å². The molecule has 0 aromatic carbocycles. The average molecular weight is 168 g/mol. The number of nitrogen functional groups attached to an aromatic ring is 1. The summed E-state index contributed by atoms with van der Waals surface area (Å²) in [4.78, 5) is 0. The lowest BCUT2D eigenvalue weighted by Gasteiger charge is -2.37. The summed E-state index contributed by atoms with van der Waals surface area (Å²) in [5.41, 5.74) is 5.65. The lowest BCUT2D eigenvalue weighted by Crippen LogP contribution is -2.43. The van der Waals surface area contributed by atoms with E-state index in [0.717, 1.165) is 19.8 Å². The Kier molecular flexibility index (Phi) is 1.54. The van der Waals surface area contributed by atoms with Crippen LogP contribution < -0.4 is 5.73 Å². The maximum absolute atomic E-state index is 5.43. The number of hydrogen-bond donors (Lipinski definition) is 1. The van der Waals surface area contributed by atoms with Crippen LogP contribution in [0.1, 0.15) is 6.92 Å². The molecule has 12 heavy (non-hydrogen) atoms. The van der Waals surface area contributed by atoms with Gasteiger partial charge in [-0.1, -0.05) is 12.1 Å². The molecule has 1 fully saturated rings. The molecule has 0 spiro atoms. The highest BCUT2D eigenvalue weighted by Crippen LogP contribution is 2.28. The molecular weight excluding hydrogens is 156 g/mol. The largest absolute Gasteiger partial charge is 0.381 e. The number of nitrogens with zero attached hydrogens (tertiary/aromatic N) is 3. The van der Waals surface area contributed by atoms with Gasteiger partial charge in [0.05, 0.1) is 26.0 Å². The number of hydrogen-bond acceptors (Lipinski definition) is 4. The van der Waals surface area contributed by atoms with Crippen molar-refractivity contribution in [1.29, 1.82) is 0 Å². The Morgan fingerprint density at radius 3 is 2.92 bits per heavy atom. The highest BCUT2D eigenvalue weighted by Gasteiger charge is 2.34. The Labute approximate surface area is 70.5 Å². The second kappa shape index (κ2) is 2.45. The molecule has 0 unspecified atom stereocenters. The quantitative estimate of drug-likeness (QED) is 0.669. The molecule has 1 saturated heterocycles. The maximum atomic E-state index is 5.43. The minimum absolute atomic E-state index is 0.222.